The summed E-state index contributed by atoms with van der Waals surface area (Å²) >= 11 is 0. The number of aromatic nitrogens is 2. The van der Waals surface area contributed by atoms with E-state index in [0.717, 1.165) is 55.4 Å². The quantitative estimate of drug-likeness (QED) is 0.480. The number of benzene rings is 3. The molecule has 1 aliphatic heterocycles. The molecule has 2 heterocycles. The van der Waals surface area contributed by atoms with Gasteiger partial charge in [-0.1, -0.05) is 55.5 Å². The number of carboxylic acids is 1. The molecule has 1 aliphatic carbocycles. The number of likely N-dealkylation sites (tertiary alicyclic amines) is 1. The Labute approximate surface area is 198 Å². The zero-order chi connectivity index (χ0) is 23.4. The molecule has 0 saturated carbocycles. The maximum atomic E-state index is 13.5. The van der Waals surface area contributed by atoms with Crippen LogP contribution in [0, 0.1) is 0 Å². The van der Waals surface area contributed by atoms with Crippen molar-refractivity contribution in [1.29, 1.82) is 0 Å². The summed E-state index contributed by atoms with van der Waals surface area (Å²) in [6, 6.07) is 19.5. The Hall–Kier alpha value is -3.38. The fraction of sp³-hybridized carbons (Fsp3) is 0.357. The van der Waals surface area contributed by atoms with Crippen LogP contribution in [0.2, 0.25) is 0 Å². The van der Waals surface area contributed by atoms with Crippen LogP contribution in [0.1, 0.15) is 48.5 Å². The molecule has 0 amide bonds. The molecule has 6 nitrogen and oxygen atoms in total. The van der Waals surface area contributed by atoms with Crippen LogP contribution in [0.4, 0.5) is 0 Å². The lowest BCUT2D eigenvalue weighted by molar-refractivity contribution is -0.137. The summed E-state index contributed by atoms with van der Waals surface area (Å²) in [6.07, 6.45) is 3.61. The molecule has 0 radical (unpaired) electrons. The predicted octanol–water partition coefficient (Wildman–Crippen LogP) is 4.54. The van der Waals surface area contributed by atoms with Crippen LogP contribution >= 0.6 is 0 Å². The van der Waals surface area contributed by atoms with Crippen LogP contribution in [-0.4, -0.2) is 38.2 Å². The number of aliphatic carboxylic acids is 1. The van der Waals surface area contributed by atoms with Gasteiger partial charge in [-0.15, -0.1) is 0 Å². The van der Waals surface area contributed by atoms with Crippen LogP contribution in [-0.2, 0) is 24.2 Å². The SMILES string of the molecule is CCc1cccc2c1n(C1CCN(C3Cc4cccc5cccc3c45)CC1)c(=O)n2CC(=O)O. The monoisotopic (exact) mass is 455 g/mol. The summed E-state index contributed by atoms with van der Waals surface area (Å²) < 4.78 is 3.33. The third kappa shape index (κ3) is 3.20. The molecule has 1 atom stereocenters. The number of fused-ring (bicyclic) bond motifs is 1. The Kier molecular flexibility index (Phi) is 5.06. The van der Waals surface area contributed by atoms with E-state index in [-0.39, 0.29) is 18.3 Å². The molecule has 1 aromatic heterocycles. The predicted molar refractivity (Wildman–Crippen MR) is 133 cm³/mol. The normalized spacial score (nSPS) is 18.8. The summed E-state index contributed by atoms with van der Waals surface area (Å²) in [5.74, 6) is -0.993. The topological polar surface area (TPSA) is 67.5 Å². The highest BCUT2D eigenvalue weighted by atomic mass is 16.4. The number of piperidine rings is 1. The second-order valence-corrected chi connectivity index (χ2v) is 9.62. The van der Waals surface area contributed by atoms with Crippen LogP contribution < -0.4 is 5.69 Å². The standard InChI is InChI=1S/C28H29N3O3/c1-2-18-6-5-11-23-27(18)31(28(34)30(23)17-25(32)33)21-12-14-29(15-13-21)24-16-20-9-3-7-19-8-4-10-22(24)26(19)20/h3-11,21,24H,2,12-17H2,1H3,(H,32,33). The zero-order valence-corrected chi connectivity index (χ0v) is 19.4. The Morgan fingerprint density at radius 3 is 2.50 bits per heavy atom. The number of hydrogen-bond donors (Lipinski definition) is 1. The molecule has 0 spiro atoms. The molecule has 1 N–H and O–H groups in total. The lowest BCUT2D eigenvalue weighted by atomic mass is 9.99. The number of hydrogen-bond acceptors (Lipinski definition) is 3. The highest BCUT2D eigenvalue weighted by Gasteiger charge is 2.33. The van der Waals surface area contributed by atoms with Crippen molar-refractivity contribution in [2.45, 2.75) is 51.2 Å². The van der Waals surface area contributed by atoms with Crippen molar-refractivity contribution in [2.75, 3.05) is 13.1 Å². The number of nitrogens with zero attached hydrogens (tertiary/aromatic N) is 3. The van der Waals surface area contributed by atoms with Gasteiger partial charge in [0.1, 0.15) is 6.54 Å². The fourth-order valence-electron chi connectivity index (χ4n) is 6.31. The van der Waals surface area contributed by atoms with E-state index in [4.69, 9.17) is 0 Å². The minimum absolute atomic E-state index is 0.0774. The average molecular weight is 456 g/mol. The summed E-state index contributed by atoms with van der Waals surface area (Å²) in [6.45, 7) is 3.62. The molecule has 174 valence electrons. The summed E-state index contributed by atoms with van der Waals surface area (Å²) in [5, 5.41) is 12.1. The van der Waals surface area contributed by atoms with Gasteiger partial charge in [-0.2, -0.15) is 0 Å². The second-order valence-electron chi connectivity index (χ2n) is 9.62. The van der Waals surface area contributed by atoms with Crippen molar-refractivity contribution in [3.05, 3.63) is 81.8 Å². The summed E-state index contributed by atoms with van der Waals surface area (Å²) in [7, 11) is 0. The zero-order valence-electron chi connectivity index (χ0n) is 19.4. The minimum atomic E-state index is -0.993. The van der Waals surface area contributed by atoms with Crippen molar-refractivity contribution in [2.24, 2.45) is 0 Å². The Balaban J connectivity index is 1.32. The van der Waals surface area contributed by atoms with Gasteiger partial charge >= 0.3 is 11.7 Å². The van der Waals surface area contributed by atoms with Gasteiger partial charge in [0.05, 0.1) is 11.0 Å². The van der Waals surface area contributed by atoms with Gasteiger partial charge in [-0.05, 0) is 59.2 Å². The number of rotatable bonds is 5. The van der Waals surface area contributed by atoms with Crippen molar-refractivity contribution in [3.63, 3.8) is 0 Å². The molecule has 6 rings (SSSR count). The third-order valence-corrected chi connectivity index (χ3v) is 7.84. The lowest BCUT2D eigenvalue weighted by Gasteiger charge is -2.37. The Bertz CT molecular complexity index is 1470. The maximum absolute atomic E-state index is 13.5. The molecule has 1 fully saturated rings. The Morgan fingerprint density at radius 2 is 1.76 bits per heavy atom. The maximum Gasteiger partial charge on any atom is 0.329 e. The highest BCUT2D eigenvalue weighted by Crippen LogP contribution is 2.42. The van der Waals surface area contributed by atoms with Gasteiger partial charge in [0.25, 0.3) is 0 Å². The molecular weight excluding hydrogens is 426 g/mol. The molecular formula is C28H29N3O3. The molecule has 3 aromatic carbocycles. The van der Waals surface area contributed by atoms with Gasteiger partial charge in [-0.3, -0.25) is 18.8 Å². The first-order valence-electron chi connectivity index (χ1n) is 12.3. The van der Waals surface area contributed by atoms with Gasteiger partial charge in [0, 0.05) is 25.2 Å². The third-order valence-electron chi connectivity index (χ3n) is 7.84. The van der Waals surface area contributed by atoms with E-state index in [0.29, 0.717) is 6.04 Å². The Morgan fingerprint density at radius 1 is 1.03 bits per heavy atom. The van der Waals surface area contributed by atoms with Crippen LogP contribution in [0.15, 0.2) is 59.4 Å². The fourth-order valence-corrected chi connectivity index (χ4v) is 6.31. The van der Waals surface area contributed by atoms with E-state index in [1.54, 1.807) is 0 Å². The van der Waals surface area contributed by atoms with Crippen LogP contribution in [0.25, 0.3) is 21.8 Å². The first kappa shape index (κ1) is 21.2. The van der Waals surface area contributed by atoms with Crippen LogP contribution in [0.5, 0.6) is 0 Å². The summed E-state index contributed by atoms with van der Waals surface area (Å²) in [4.78, 5) is 27.5. The van der Waals surface area contributed by atoms with Gasteiger partial charge in [0.15, 0.2) is 0 Å². The number of imidazole rings is 1. The van der Waals surface area contributed by atoms with E-state index in [1.807, 2.05) is 16.7 Å². The molecule has 2 aliphatic rings. The van der Waals surface area contributed by atoms with Gasteiger partial charge in [0.2, 0.25) is 0 Å². The summed E-state index contributed by atoms with van der Waals surface area (Å²) in [5.41, 5.74) is 5.39. The number of para-hydroxylation sites is 1. The molecule has 0 bridgehead atoms. The van der Waals surface area contributed by atoms with Crippen molar-refractivity contribution >= 4 is 27.8 Å². The number of carboxylic acid groups (broad SMARTS) is 1. The minimum Gasteiger partial charge on any atom is -0.480 e. The smallest absolute Gasteiger partial charge is 0.329 e. The van der Waals surface area contributed by atoms with E-state index < -0.39 is 5.97 Å². The first-order chi connectivity index (χ1) is 16.6. The van der Waals surface area contributed by atoms with Crippen LogP contribution in [0.3, 0.4) is 0 Å². The molecule has 34 heavy (non-hydrogen) atoms. The lowest BCUT2D eigenvalue weighted by Crippen LogP contribution is -2.40. The molecule has 4 aromatic rings. The van der Waals surface area contributed by atoms with E-state index in [2.05, 4.69) is 54.3 Å². The molecule has 1 saturated heterocycles. The largest absolute Gasteiger partial charge is 0.480 e. The van der Waals surface area contributed by atoms with E-state index >= 15 is 0 Å². The molecule has 1 unspecified atom stereocenters. The van der Waals surface area contributed by atoms with Crippen molar-refractivity contribution in [1.82, 2.24) is 14.0 Å². The number of aryl methyl sites for hydroxylation is 1. The second kappa shape index (κ2) is 8.13. The van der Waals surface area contributed by atoms with Crippen molar-refractivity contribution < 1.29 is 9.90 Å². The average Bonchev–Trinajstić information content (AvgIpc) is 3.36. The van der Waals surface area contributed by atoms with Crippen molar-refractivity contribution in [3.8, 4) is 0 Å². The van der Waals surface area contributed by atoms with Gasteiger partial charge in [-0.25, -0.2) is 4.79 Å². The highest BCUT2D eigenvalue weighted by molar-refractivity contribution is 5.91. The number of carbonyl (C=O) groups is 1. The molecule has 6 heteroatoms. The van der Waals surface area contributed by atoms with E-state index in [9.17, 15) is 14.7 Å². The first-order valence-corrected chi connectivity index (χ1v) is 12.3. The van der Waals surface area contributed by atoms with E-state index in [1.165, 1.54) is 26.5 Å². The van der Waals surface area contributed by atoms with Gasteiger partial charge < -0.3 is 5.11 Å².